The first-order chi connectivity index (χ1) is 11.3. The summed E-state index contributed by atoms with van der Waals surface area (Å²) < 4.78 is 26.2. The number of piperidine rings is 1. The van der Waals surface area contributed by atoms with Crippen LogP contribution in [0.3, 0.4) is 0 Å². The number of likely N-dealkylation sites (tertiary alicyclic amines) is 1. The molecule has 8 heteroatoms. The lowest BCUT2D eigenvalue weighted by Crippen LogP contribution is -2.46. The summed E-state index contributed by atoms with van der Waals surface area (Å²) in [5.41, 5.74) is 0. The molecule has 1 fully saturated rings. The third-order valence-corrected chi connectivity index (χ3v) is 6.31. The lowest BCUT2D eigenvalue weighted by Gasteiger charge is -2.33. The average molecular weight is 374 g/mol. The number of nitrogens with one attached hydrogen (secondary N) is 1. The standard InChI is InChI=1S/C16H24ClN3O3S/c1-18-10-13-4-3-9-20(11-13)16(21)12-19(2)24(22,23)15-7-5-14(17)6-8-15/h5-8,13,18H,3-4,9-12H2,1-2H3. The van der Waals surface area contributed by atoms with E-state index in [4.69, 9.17) is 11.6 Å². The molecule has 1 heterocycles. The van der Waals surface area contributed by atoms with Crippen molar-refractivity contribution in [1.82, 2.24) is 14.5 Å². The summed E-state index contributed by atoms with van der Waals surface area (Å²) in [7, 11) is -0.375. The highest BCUT2D eigenvalue weighted by atomic mass is 35.5. The number of likely N-dealkylation sites (N-methyl/N-ethyl adjacent to an activating group) is 1. The molecule has 1 saturated heterocycles. The molecule has 0 spiro atoms. The van der Waals surface area contributed by atoms with Gasteiger partial charge in [-0.3, -0.25) is 4.79 Å². The van der Waals surface area contributed by atoms with E-state index in [9.17, 15) is 13.2 Å². The fourth-order valence-corrected chi connectivity index (χ4v) is 4.16. The number of benzene rings is 1. The Kier molecular flexibility index (Phi) is 6.62. The highest BCUT2D eigenvalue weighted by molar-refractivity contribution is 7.89. The lowest BCUT2D eigenvalue weighted by molar-refractivity contribution is -0.133. The maximum Gasteiger partial charge on any atom is 0.243 e. The summed E-state index contributed by atoms with van der Waals surface area (Å²) in [5, 5.41) is 3.60. The molecule has 0 aromatic heterocycles. The zero-order chi connectivity index (χ0) is 17.7. The molecule has 1 aromatic rings. The van der Waals surface area contributed by atoms with E-state index in [1.54, 1.807) is 4.90 Å². The number of rotatable bonds is 6. The molecule has 1 N–H and O–H groups in total. The van der Waals surface area contributed by atoms with Crippen molar-refractivity contribution in [3.05, 3.63) is 29.3 Å². The Bertz CT molecular complexity index is 662. The minimum atomic E-state index is -3.70. The fraction of sp³-hybridized carbons (Fsp3) is 0.562. The molecule has 1 aromatic carbocycles. The quantitative estimate of drug-likeness (QED) is 0.818. The Balaban J connectivity index is 2.01. The van der Waals surface area contributed by atoms with Gasteiger partial charge in [-0.15, -0.1) is 0 Å². The van der Waals surface area contributed by atoms with Gasteiger partial charge in [0.2, 0.25) is 15.9 Å². The smallest absolute Gasteiger partial charge is 0.243 e. The minimum absolute atomic E-state index is 0.133. The highest BCUT2D eigenvalue weighted by Crippen LogP contribution is 2.19. The van der Waals surface area contributed by atoms with Gasteiger partial charge in [0.1, 0.15) is 0 Å². The number of amides is 1. The summed E-state index contributed by atoms with van der Waals surface area (Å²) in [6, 6.07) is 5.94. The van der Waals surface area contributed by atoms with Crippen LogP contribution in [-0.2, 0) is 14.8 Å². The largest absolute Gasteiger partial charge is 0.341 e. The number of halogens is 1. The molecular weight excluding hydrogens is 350 g/mol. The Morgan fingerprint density at radius 2 is 2.04 bits per heavy atom. The second-order valence-corrected chi connectivity index (χ2v) is 8.60. The van der Waals surface area contributed by atoms with Gasteiger partial charge in [0.05, 0.1) is 11.4 Å². The van der Waals surface area contributed by atoms with Crippen molar-refractivity contribution >= 4 is 27.5 Å². The summed E-state index contributed by atoms with van der Waals surface area (Å²) in [5.74, 6) is 0.265. The molecule has 1 amide bonds. The Morgan fingerprint density at radius 3 is 2.67 bits per heavy atom. The van der Waals surface area contributed by atoms with Crippen molar-refractivity contribution in [2.24, 2.45) is 5.92 Å². The molecule has 0 saturated carbocycles. The highest BCUT2D eigenvalue weighted by Gasteiger charge is 2.28. The number of carbonyl (C=O) groups is 1. The molecule has 134 valence electrons. The van der Waals surface area contributed by atoms with Crippen LogP contribution in [0.15, 0.2) is 29.2 Å². The predicted molar refractivity (Wildman–Crippen MR) is 94.5 cm³/mol. The first-order valence-corrected chi connectivity index (χ1v) is 9.80. The van der Waals surface area contributed by atoms with Crippen molar-refractivity contribution in [3.63, 3.8) is 0 Å². The molecule has 0 bridgehead atoms. The molecule has 1 aliphatic rings. The Labute approximate surface area is 148 Å². The van der Waals surface area contributed by atoms with E-state index in [0.717, 1.165) is 23.7 Å². The zero-order valence-corrected chi connectivity index (χ0v) is 15.6. The van der Waals surface area contributed by atoms with Gasteiger partial charge in [-0.05, 0) is 56.6 Å². The molecule has 1 unspecified atom stereocenters. The topological polar surface area (TPSA) is 69.7 Å². The van der Waals surface area contributed by atoms with Gasteiger partial charge in [-0.25, -0.2) is 8.42 Å². The maximum absolute atomic E-state index is 12.5. The van der Waals surface area contributed by atoms with Gasteiger partial charge in [0.25, 0.3) is 0 Å². The number of nitrogens with zero attached hydrogens (tertiary/aromatic N) is 2. The van der Waals surface area contributed by atoms with Gasteiger partial charge in [0, 0.05) is 25.2 Å². The first-order valence-electron chi connectivity index (χ1n) is 7.99. The summed E-state index contributed by atoms with van der Waals surface area (Å²) in [4.78, 5) is 14.4. The van der Waals surface area contributed by atoms with Gasteiger partial charge in [0.15, 0.2) is 0 Å². The number of carbonyl (C=O) groups excluding carboxylic acids is 1. The Morgan fingerprint density at radius 1 is 1.38 bits per heavy atom. The van der Waals surface area contributed by atoms with Crippen LogP contribution in [0.2, 0.25) is 5.02 Å². The molecule has 1 atom stereocenters. The second-order valence-electron chi connectivity index (χ2n) is 6.12. The van der Waals surface area contributed by atoms with Crippen LogP contribution in [0.25, 0.3) is 0 Å². The molecule has 0 radical (unpaired) electrons. The molecule has 2 rings (SSSR count). The van der Waals surface area contributed by atoms with Crippen LogP contribution in [0.1, 0.15) is 12.8 Å². The lowest BCUT2D eigenvalue weighted by atomic mass is 9.98. The maximum atomic E-state index is 12.5. The summed E-state index contributed by atoms with van der Waals surface area (Å²) in [6.45, 7) is 2.07. The molecule has 1 aliphatic heterocycles. The van der Waals surface area contributed by atoms with E-state index in [2.05, 4.69) is 5.32 Å². The fourth-order valence-electron chi connectivity index (χ4n) is 2.91. The zero-order valence-electron chi connectivity index (χ0n) is 14.0. The van der Waals surface area contributed by atoms with Gasteiger partial charge in [-0.2, -0.15) is 4.31 Å². The van der Waals surface area contributed by atoms with Gasteiger partial charge in [-0.1, -0.05) is 11.6 Å². The van der Waals surface area contributed by atoms with E-state index < -0.39 is 10.0 Å². The monoisotopic (exact) mass is 373 g/mol. The van der Waals surface area contributed by atoms with E-state index in [1.807, 2.05) is 7.05 Å². The van der Waals surface area contributed by atoms with Crippen molar-refractivity contribution in [2.75, 3.05) is 40.3 Å². The van der Waals surface area contributed by atoms with Crippen LogP contribution >= 0.6 is 11.6 Å². The van der Waals surface area contributed by atoms with Crippen LogP contribution < -0.4 is 5.32 Å². The third kappa shape index (κ3) is 4.69. The van der Waals surface area contributed by atoms with Gasteiger partial charge >= 0.3 is 0 Å². The van der Waals surface area contributed by atoms with Crippen molar-refractivity contribution < 1.29 is 13.2 Å². The van der Waals surface area contributed by atoms with Crippen LogP contribution in [-0.4, -0.2) is 63.8 Å². The summed E-state index contributed by atoms with van der Waals surface area (Å²) >= 11 is 5.79. The van der Waals surface area contributed by atoms with Crippen molar-refractivity contribution in [3.8, 4) is 0 Å². The molecule has 6 nitrogen and oxygen atoms in total. The molecule has 0 aliphatic carbocycles. The number of hydrogen-bond acceptors (Lipinski definition) is 4. The van der Waals surface area contributed by atoms with Crippen LogP contribution in [0, 0.1) is 5.92 Å². The van der Waals surface area contributed by atoms with E-state index in [0.29, 0.717) is 24.0 Å². The SMILES string of the molecule is CNCC1CCCN(C(=O)CN(C)S(=O)(=O)c2ccc(Cl)cc2)C1. The van der Waals surface area contributed by atoms with E-state index in [1.165, 1.54) is 31.3 Å². The second kappa shape index (κ2) is 8.29. The number of hydrogen-bond donors (Lipinski definition) is 1. The van der Waals surface area contributed by atoms with Crippen LogP contribution in [0.5, 0.6) is 0 Å². The molecule has 24 heavy (non-hydrogen) atoms. The van der Waals surface area contributed by atoms with Gasteiger partial charge < -0.3 is 10.2 Å². The number of sulfonamides is 1. The van der Waals surface area contributed by atoms with Crippen molar-refractivity contribution in [2.45, 2.75) is 17.7 Å². The average Bonchev–Trinajstić information content (AvgIpc) is 2.55. The van der Waals surface area contributed by atoms with E-state index in [-0.39, 0.29) is 17.3 Å². The van der Waals surface area contributed by atoms with Crippen LogP contribution in [0.4, 0.5) is 0 Å². The predicted octanol–water partition coefficient (Wildman–Crippen LogP) is 1.42. The first kappa shape index (κ1) is 19.2. The minimum Gasteiger partial charge on any atom is -0.341 e. The summed E-state index contributed by atoms with van der Waals surface area (Å²) in [6.07, 6.45) is 2.04. The third-order valence-electron chi connectivity index (χ3n) is 4.24. The van der Waals surface area contributed by atoms with Crippen molar-refractivity contribution in [1.29, 1.82) is 0 Å². The normalized spacial score (nSPS) is 18.8. The van der Waals surface area contributed by atoms with E-state index >= 15 is 0 Å². The Hall–Kier alpha value is -1.15. The molecular formula is C16H24ClN3O3S.